The lowest BCUT2D eigenvalue weighted by atomic mass is 10.1. The summed E-state index contributed by atoms with van der Waals surface area (Å²) >= 11 is 9.64. The summed E-state index contributed by atoms with van der Waals surface area (Å²) in [4.78, 5) is 0. The highest BCUT2D eigenvalue weighted by molar-refractivity contribution is 9.10. The van der Waals surface area contributed by atoms with Crippen molar-refractivity contribution in [3.63, 3.8) is 0 Å². The molecule has 21 heavy (non-hydrogen) atoms. The van der Waals surface area contributed by atoms with Crippen LogP contribution in [0, 0.1) is 0 Å². The third kappa shape index (κ3) is 5.37. The highest BCUT2D eigenvalue weighted by Gasteiger charge is 2.01. The number of nitrogens with one attached hydrogen (secondary N) is 1. The molecule has 0 atom stereocenters. The smallest absolute Gasteiger partial charge is 0.0467 e. The summed E-state index contributed by atoms with van der Waals surface area (Å²) in [5, 5.41) is 4.20. The van der Waals surface area contributed by atoms with Crippen molar-refractivity contribution in [2.75, 3.05) is 5.32 Å². The molecule has 0 bridgehead atoms. The van der Waals surface area contributed by atoms with Crippen molar-refractivity contribution in [3.05, 3.63) is 63.1 Å². The van der Waals surface area contributed by atoms with Gasteiger partial charge in [-0.2, -0.15) is 0 Å². The van der Waals surface area contributed by atoms with Gasteiger partial charge in [0.15, 0.2) is 0 Å². The van der Waals surface area contributed by atoms with Crippen LogP contribution in [0.2, 0.25) is 5.02 Å². The van der Waals surface area contributed by atoms with Gasteiger partial charge in [-0.05, 0) is 48.2 Å². The summed E-state index contributed by atoms with van der Waals surface area (Å²) in [6, 6.07) is 14.7. The molecule has 112 valence electrons. The van der Waals surface area contributed by atoms with Crippen LogP contribution in [-0.2, 0) is 13.0 Å². The van der Waals surface area contributed by atoms with Gasteiger partial charge in [-0.15, -0.1) is 0 Å². The minimum atomic E-state index is 0.737. The summed E-state index contributed by atoms with van der Waals surface area (Å²) in [7, 11) is 0. The van der Waals surface area contributed by atoms with E-state index in [9.17, 15) is 0 Å². The lowest BCUT2D eigenvalue weighted by molar-refractivity contribution is 0.717. The third-order valence-electron chi connectivity index (χ3n) is 3.52. The molecule has 1 nitrogen and oxygen atoms in total. The van der Waals surface area contributed by atoms with Crippen LogP contribution in [0.4, 0.5) is 5.69 Å². The predicted molar refractivity (Wildman–Crippen MR) is 96.1 cm³/mol. The normalized spacial score (nSPS) is 10.6. The van der Waals surface area contributed by atoms with Gasteiger partial charge in [0.05, 0.1) is 0 Å². The molecular formula is C18H21BrClN. The van der Waals surface area contributed by atoms with Crippen molar-refractivity contribution in [2.24, 2.45) is 0 Å². The number of hydrogen-bond acceptors (Lipinski definition) is 1. The van der Waals surface area contributed by atoms with E-state index in [0.717, 1.165) is 27.3 Å². The zero-order valence-electron chi connectivity index (χ0n) is 12.3. The second-order valence-electron chi connectivity index (χ2n) is 5.24. The van der Waals surface area contributed by atoms with Crippen molar-refractivity contribution in [1.29, 1.82) is 0 Å². The standard InChI is InChI=1S/C18H21BrClN/c1-2-3-4-5-14-6-10-17(11-7-14)21-13-15-8-9-16(19)12-18(15)20/h6-12,21H,2-5,13H2,1H3. The van der Waals surface area contributed by atoms with Gasteiger partial charge in [0.25, 0.3) is 0 Å². The number of hydrogen-bond donors (Lipinski definition) is 1. The molecule has 2 aromatic carbocycles. The van der Waals surface area contributed by atoms with Crippen LogP contribution in [0.15, 0.2) is 46.9 Å². The van der Waals surface area contributed by atoms with Crippen molar-refractivity contribution in [3.8, 4) is 0 Å². The number of halogens is 2. The Kier molecular flexibility index (Phi) is 6.59. The zero-order valence-corrected chi connectivity index (χ0v) is 14.7. The van der Waals surface area contributed by atoms with Crippen LogP contribution >= 0.6 is 27.5 Å². The van der Waals surface area contributed by atoms with E-state index in [2.05, 4.69) is 52.4 Å². The fourth-order valence-corrected chi connectivity index (χ4v) is 2.97. The van der Waals surface area contributed by atoms with E-state index in [-0.39, 0.29) is 0 Å². The molecule has 0 saturated carbocycles. The zero-order chi connectivity index (χ0) is 15.1. The Bertz CT molecular complexity index is 566. The van der Waals surface area contributed by atoms with Crippen LogP contribution < -0.4 is 5.32 Å². The predicted octanol–water partition coefficient (Wildman–Crippen LogP) is 6.45. The van der Waals surface area contributed by atoms with Gasteiger partial charge < -0.3 is 5.32 Å². The van der Waals surface area contributed by atoms with E-state index >= 15 is 0 Å². The second kappa shape index (κ2) is 8.45. The van der Waals surface area contributed by atoms with Crippen LogP contribution in [-0.4, -0.2) is 0 Å². The lowest BCUT2D eigenvalue weighted by Crippen LogP contribution is -2.00. The van der Waals surface area contributed by atoms with Crippen LogP contribution in [0.5, 0.6) is 0 Å². The highest BCUT2D eigenvalue weighted by atomic mass is 79.9. The number of rotatable bonds is 7. The summed E-state index contributed by atoms with van der Waals surface area (Å²) in [5.41, 5.74) is 3.65. The Hall–Kier alpha value is -0.990. The van der Waals surface area contributed by atoms with Crippen molar-refractivity contribution in [2.45, 2.75) is 39.2 Å². The molecule has 0 aromatic heterocycles. The molecular weight excluding hydrogens is 346 g/mol. The monoisotopic (exact) mass is 365 g/mol. The van der Waals surface area contributed by atoms with E-state index in [1.165, 1.54) is 31.2 Å². The second-order valence-corrected chi connectivity index (χ2v) is 6.57. The molecule has 0 heterocycles. The Morgan fingerprint density at radius 2 is 1.81 bits per heavy atom. The number of unbranched alkanes of at least 4 members (excludes halogenated alkanes) is 2. The van der Waals surface area contributed by atoms with E-state index in [1.54, 1.807) is 0 Å². The maximum atomic E-state index is 6.22. The van der Waals surface area contributed by atoms with Crippen LogP contribution in [0.1, 0.15) is 37.3 Å². The summed E-state index contributed by atoms with van der Waals surface area (Å²) < 4.78 is 1.01. The van der Waals surface area contributed by atoms with Crippen LogP contribution in [0.3, 0.4) is 0 Å². The van der Waals surface area contributed by atoms with Crippen molar-refractivity contribution >= 4 is 33.2 Å². The first kappa shape index (κ1) is 16.4. The minimum Gasteiger partial charge on any atom is -0.381 e. The molecule has 2 rings (SSSR count). The number of anilines is 1. The molecule has 0 aliphatic rings. The van der Waals surface area contributed by atoms with Crippen molar-refractivity contribution < 1.29 is 0 Å². The van der Waals surface area contributed by atoms with Gasteiger partial charge in [0.2, 0.25) is 0 Å². The molecule has 0 aliphatic carbocycles. The maximum absolute atomic E-state index is 6.22. The first-order chi connectivity index (χ1) is 10.2. The van der Waals surface area contributed by atoms with Gasteiger partial charge in [0, 0.05) is 21.7 Å². The molecule has 1 N–H and O–H groups in total. The SMILES string of the molecule is CCCCCc1ccc(NCc2ccc(Br)cc2Cl)cc1. The lowest BCUT2D eigenvalue weighted by Gasteiger charge is -2.09. The Labute approximate surface area is 140 Å². The summed E-state index contributed by atoms with van der Waals surface area (Å²) in [6.45, 7) is 2.97. The molecule has 0 radical (unpaired) electrons. The van der Waals surface area contributed by atoms with Gasteiger partial charge in [0.1, 0.15) is 0 Å². The third-order valence-corrected chi connectivity index (χ3v) is 4.37. The molecule has 0 aliphatic heterocycles. The summed E-state index contributed by atoms with van der Waals surface area (Å²) in [6.07, 6.45) is 5.03. The topological polar surface area (TPSA) is 12.0 Å². The van der Waals surface area contributed by atoms with E-state index < -0.39 is 0 Å². The van der Waals surface area contributed by atoms with E-state index in [1.807, 2.05) is 18.2 Å². The first-order valence-electron chi connectivity index (χ1n) is 7.46. The Balaban J connectivity index is 1.88. The number of benzene rings is 2. The van der Waals surface area contributed by atoms with Gasteiger partial charge in [-0.3, -0.25) is 0 Å². The molecule has 0 spiro atoms. The maximum Gasteiger partial charge on any atom is 0.0467 e. The molecule has 0 fully saturated rings. The van der Waals surface area contributed by atoms with Gasteiger partial charge in [-0.25, -0.2) is 0 Å². The summed E-state index contributed by atoms with van der Waals surface area (Å²) in [5.74, 6) is 0. The minimum absolute atomic E-state index is 0.737. The average molecular weight is 367 g/mol. The fourth-order valence-electron chi connectivity index (χ4n) is 2.23. The molecule has 2 aromatic rings. The van der Waals surface area contributed by atoms with Gasteiger partial charge in [-0.1, -0.05) is 65.5 Å². The van der Waals surface area contributed by atoms with Crippen molar-refractivity contribution in [1.82, 2.24) is 0 Å². The molecule has 0 amide bonds. The fraction of sp³-hybridized carbons (Fsp3) is 0.333. The Morgan fingerprint density at radius 1 is 1.05 bits per heavy atom. The number of aryl methyl sites for hydroxylation is 1. The average Bonchev–Trinajstić information content (AvgIpc) is 2.48. The quantitative estimate of drug-likeness (QED) is 0.555. The molecule has 0 saturated heterocycles. The van der Waals surface area contributed by atoms with E-state index in [4.69, 9.17) is 11.6 Å². The van der Waals surface area contributed by atoms with E-state index in [0.29, 0.717) is 0 Å². The highest BCUT2D eigenvalue weighted by Crippen LogP contribution is 2.22. The van der Waals surface area contributed by atoms with Crippen LogP contribution in [0.25, 0.3) is 0 Å². The first-order valence-corrected chi connectivity index (χ1v) is 8.63. The molecule has 0 unspecified atom stereocenters. The molecule has 3 heteroatoms. The largest absolute Gasteiger partial charge is 0.381 e. The Morgan fingerprint density at radius 3 is 2.48 bits per heavy atom. The van der Waals surface area contributed by atoms with Gasteiger partial charge >= 0.3 is 0 Å².